The second-order valence-corrected chi connectivity index (χ2v) is 5.62. The van der Waals surface area contributed by atoms with E-state index in [4.69, 9.17) is 19.7 Å². The fourth-order valence-electron chi connectivity index (χ4n) is 1.94. The third-order valence-electron chi connectivity index (χ3n) is 3.12. The van der Waals surface area contributed by atoms with Crippen LogP contribution in [-0.4, -0.2) is 68.8 Å². The summed E-state index contributed by atoms with van der Waals surface area (Å²) >= 11 is 1.29. The average molecular weight is 332 g/mol. The van der Waals surface area contributed by atoms with Crippen molar-refractivity contribution in [2.24, 2.45) is 0 Å². The van der Waals surface area contributed by atoms with Crippen LogP contribution < -0.4 is 0 Å². The standard InChI is InChI=1S/C13H16O8S/c14-5-8-9(15)10(16)11(17)13(21-8)20-7(12(18)19)4-6-2-1-3-22-6/h1-4,8-11,13-17H,5H2,(H,18,19)/b7-4+/t8-,9+,10-,11+,13-/m0/s1. The molecule has 1 aromatic heterocycles. The van der Waals surface area contributed by atoms with Gasteiger partial charge in [0.1, 0.15) is 24.4 Å². The quantitative estimate of drug-likeness (QED) is 0.342. The van der Waals surface area contributed by atoms with E-state index in [1.165, 1.54) is 17.4 Å². The Balaban J connectivity index is 2.17. The fraction of sp³-hybridized carbons (Fsp3) is 0.462. The molecule has 5 atom stereocenters. The summed E-state index contributed by atoms with van der Waals surface area (Å²) in [7, 11) is 0. The van der Waals surface area contributed by atoms with Gasteiger partial charge in [-0.15, -0.1) is 11.3 Å². The van der Waals surface area contributed by atoms with Gasteiger partial charge in [-0.3, -0.25) is 0 Å². The molecule has 0 saturated carbocycles. The van der Waals surface area contributed by atoms with Crippen LogP contribution in [-0.2, 0) is 14.3 Å². The molecule has 0 amide bonds. The van der Waals surface area contributed by atoms with Gasteiger partial charge >= 0.3 is 5.97 Å². The lowest BCUT2D eigenvalue weighted by atomic mass is 9.99. The summed E-state index contributed by atoms with van der Waals surface area (Å²) in [6.07, 6.45) is -6.28. The lowest BCUT2D eigenvalue weighted by Gasteiger charge is -2.39. The van der Waals surface area contributed by atoms with Crippen LogP contribution in [0.1, 0.15) is 4.88 Å². The van der Waals surface area contributed by atoms with E-state index in [0.717, 1.165) is 0 Å². The second-order valence-electron chi connectivity index (χ2n) is 4.64. The Morgan fingerprint density at radius 1 is 1.32 bits per heavy atom. The molecule has 0 radical (unpaired) electrons. The van der Waals surface area contributed by atoms with E-state index >= 15 is 0 Å². The third-order valence-corrected chi connectivity index (χ3v) is 3.94. The molecule has 22 heavy (non-hydrogen) atoms. The molecule has 0 aromatic carbocycles. The zero-order valence-electron chi connectivity index (χ0n) is 11.3. The van der Waals surface area contributed by atoms with Crippen LogP contribution in [0.3, 0.4) is 0 Å². The number of ether oxygens (including phenoxy) is 2. The predicted octanol–water partition coefficient (Wildman–Crippen LogP) is -1.01. The first kappa shape index (κ1) is 16.9. The molecule has 1 aliphatic rings. The predicted molar refractivity (Wildman–Crippen MR) is 74.8 cm³/mol. The maximum Gasteiger partial charge on any atom is 0.371 e. The Morgan fingerprint density at radius 3 is 2.59 bits per heavy atom. The molecule has 122 valence electrons. The molecule has 0 aliphatic carbocycles. The molecule has 0 bridgehead atoms. The summed E-state index contributed by atoms with van der Waals surface area (Å²) in [5.74, 6) is -1.88. The van der Waals surface area contributed by atoms with Crippen LogP contribution in [0.4, 0.5) is 0 Å². The first-order valence-corrected chi connectivity index (χ1v) is 7.27. The molecule has 1 aliphatic heterocycles. The van der Waals surface area contributed by atoms with E-state index in [1.807, 2.05) is 0 Å². The Morgan fingerprint density at radius 2 is 2.05 bits per heavy atom. The van der Waals surface area contributed by atoms with Gasteiger partial charge in [0, 0.05) is 11.0 Å². The number of carboxylic acid groups (broad SMARTS) is 1. The third kappa shape index (κ3) is 3.64. The number of aliphatic carboxylic acids is 1. The number of hydrogen-bond acceptors (Lipinski definition) is 8. The van der Waals surface area contributed by atoms with Crippen molar-refractivity contribution in [3.05, 3.63) is 28.1 Å². The molecule has 2 heterocycles. The monoisotopic (exact) mass is 332 g/mol. The summed E-state index contributed by atoms with van der Waals surface area (Å²) in [5.41, 5.74) is 0. The normalized spacial score (nSPS) is 32.7. The van der Waals surface area contributed by atoms with Crippen LogP contribution in [0.25, 0.3) is 6.08 Å². The number of carboxylic acids is 1. The molecule has 0 spiro atoms. The Kier molecular flexibility index (Phi) is 5.51. The minimum Gasteiger partial charge on any atom is -0.475 e. The first-order chi connectivity index (χ1) is 10.4. The summed E-state index contributed by atoms with van der Waals surface area (Å²) in [6, 6.07) is 3.40. The molecule has 8 nitrogen and oxygen atoms in total. The SMILES string of the molecule is O=C(O)/C(=C\c1cccs1)O[C@H]1O[C@@H](CO)[C@@H](O)[C@H](O)[C@H]1O. The topological polar surface area (TPSA) is 137 Å². The Hall–Kier alpha value is -1.49. The Labute approximate surface area is 129 Å². The minimum atomic E-state index is -1.66. The largest absolute Gasteiger partial charge is 0.475 e. The summed E-state index contributed by atoms with van der Waals surface area (Å²) < 4.78 is 10.2. The number of rotatable bonds is 5. The van der Waals surface area contributed by atoms with Crippen molar-refractivity contribution >= 4 is 23.4 Å². The smallest absolute Gasteiger partial charge is 0.371 e. The molecule has 2 rings (SSSR count). The molecule has 9 heteroatoms. The van der Waals surface area contributed by atoms with E-state index in [2.05, 4.69) is 0 Å². The van der Waals surface area contributed by atoms with Crippen LogP contribution in [0.15, 0.2) is 23.3 Å². The molecule has 5 N–H and O–H groups in total. The number of aliphatic hydroxyl groups excluding tert-OH is 4. The van der Waals surface area contributed by atoms with Gasteiger partial charge in [0.05, 0.1) is 6.61 Å². The van der Waals surface area contributed by atoms with Crippen molar-refractivity contribution in [3.63, 3.8) is 0 Å². The summed E-state index contributed by atoms with van der Waals surface area (Å²) in [4.78, 5) is 11.8. The highest BCUT2D eigenvalue weighted by Gasteiger charge is 2.45. The summed E-state index contributed by atoms with van der Waals surface area (Å²) in [6.45, 7) is -0.623. The molecule has 1 saturated heterocycles. The molecular formula is C13H16O8S. The van der Waals surface area contributed by atoms with Crippen LogP contribution in [0, 0.1) is 0 Å². The fourth-order valence-corrected chi connectivity index (χ4v) is 2.59. The van der Waals surface area contributed by atoms with Crippen molar-refractivity contribution in [1.29, 1.82) is 0 Å². The van der Waals surface area contributed by atoms with E-state index in [9.17, 15) is 20.1 Å². The van der Waals surface area contributed by atoms with Gasteiger partial charge in [-0.25, -0.2) is 4.79 Å². The van der Waals surface area contributed by atoms with E-state index in [1.54, 1.807) is 17.5 Å². The van der Waals surface area contributed by atoms with Crippen molar-refractivity contribution in [1.82, 2.24) is 0 Å². The maximum absolute atomic E-state index is 11.2. The molecule has 0 unspecified atom stereocenters. The highest BCUT2D eigenvalue weighted by Crippen LogP contribution is 2.25. The van der Waals surface area contributed by atoms with Crippen LogP contribution >= 0.6 is 11.3 Å². The number of aliphatic hydroxyl groups is 4. The van der Waals surface area contributed by atoms with E-state index in [-0.39, 0.29) is 0 Å². The van der Waals surface area contributed by atoms with Gasteiger partial charge in [0.25, 0.3) is 0 Å². The van der Waals surface area contributed by atoms with Crippen LogP contribution in [0.2, 0.25) is 0 Å². The molecule has 1 aromatic rings. The molecular weight excluding hydrogens is 316 g/mol. The van der Waals surface area contributed by atoms with Crippen molar-refractivity contribution in [2.75, 3.05) is 6.61 Å². The van der Waals surface area contributed by atoms with Crippen molar-refractivity contribution in [2.45, 2.75) is 30.7 Å². The van der Waals surface area contributed by atoms with Crippen molar-refractivity contribution < 1.29 is 39.8 Å². The van der Waals surface area contributed by atoms with Gasteiger partial charge < -0.3 is 35.0 Å². The van der Waals surface area contributed by atoms with E-state index in [0.29, 0.717) is 4.88 Å². The van der Waals surface area contributed by atoms with Gasteiger partial charge in [0.2, 0.25) is 12.0 Å². The number of thiophene rings is 1. The summed E-state index contributed by atoms with van der Waals surface area (Å²) in [5, 5.41) is 49.1. The van der Waals surface area contributed by atoms with Gasteiger partial charge in [-0.05, 0) is 11.4 Å². The zero-order valence-corrected chi connectivity index (χ0v) is 12.1. The highest BCUT2D eigenvalue weighted by molar-refractivity contribution is 7.10. The van der Waals surface area contributed by atoms with Crippen molar-refractivity contribution in [3.8, 4) is 0 Å². The first-order valence-electron chi connectivity index (χ1n) is 6.39. The highest BCUT2D eigenvalue weighted by atomic mass is 32.1. The lowest BCUT2D eigenvalue weighted by molar-refractivity contribution is -0.291. The molecule has 1 fully saturated rings. The van der Waals surface area contributed by atoms with Gasteiger partial charge in [0.15, 0.2) is 0 Å². The second kappa shape index (κ2) is 7.18. The van der Waals surface area contributed by atoms with Gasteiger partial charge in [-0.1, -0.05) is 6.07 Å². The zero-order chi connectivity index (χ0) is 16.3. The number of carbonyl (C=O) groups is 1. The van der Waals surface area contributed by atoms with Gasteiger partial charge in [-0.2, -0.15) is 0 Å². The van der Waals surface area contributed by atoms with E-state index < -0.39 is 49.0 Å². The minimum absolute atomic E-state index is 0.494. The average Bonchev–Trinajstić information content (AvgIpc) is 2.99. The Bertz CT molecular complexity index is 526. The number of hydrogen-bond donors (Lipinski definition) is 5. The maximum atomic E-state index is 11.2. The van der Waals surface area contributed by atoms with Crippen LogP contribution in [0.5, 0.6) is 0 Å². The lowest BCUT2D eigenvalue weighted by Crippen LogP contribution is -2.59.